The predicted molar refractivity (Wildman–Crippen MR) is 49.8 cm³/mol. The van der Waals surface area contributed by atoms with Gasteiger partial charge >= 0.3 is 5.69 Å². The highest BCUT2D eigenvalue weighted by Crippen LogP contribution is 2.36. The highest BCUT2D eigenvalue weighted by molar-refractivity contribution is 6.38. The van der Waals surface area contributed by atoms with E-state index in [-0.39, 0.29) is 22.3 Å². The fourth-order valence-corrected chi connectivity index (χ4v) is 1.45. The van der Waals surface area contributed by atoms with Crippen molar-refractivity contribution in [2.45, 2.75) is 0 Å². The van der Waals surface area contributed by atoms with Crippen LogP contribution in [-0.4, -0.2) is 11.4 Å². The third kappa shape index (κ3) is 2.12. The molecule has 14 heavy (non-hydrogen) atoms. The molecule has 0 aromatic heterocycles. The lowest BCUT2D eigenvalue weighted by Crippen LogP contribution is -1.93. The van der Waals surface area contributed by atoms with Gasteiger partial charge in [-0.05, 0) is 0 Å². The van der Waals surface area contributed by atoms with Crippen LogP contribution in [0.2, 0.25) is 10.0 Å². The number of rotatable bonds is 3. The largest absolute Gasteiger partial charge is 0.429 e. The van der Waals surface area contributed by atoms with Crippen molar-refractivity contribution in [3.63, 3.8) is 0 Å². The molecule has 1 aromatic carbocycles. The SMILES string of the molecule is O=COc1cc(Cl)c([N+](=O)[O-])c(Cl)c1. The number of ether oxygens (including phenoxy) is 1. The van der Waals surface area contributed by atoms with E-state index in [4.69, 9.17) is 23.2 Å². The Kier molecular flexibility index (Phi) is 3.27. The molecule has 7 heteroatoms. The topological polar surface area (TPSA) is 69.4 Å². The summed E-state index contributed by atoms with van der Waals surface area (Å²) in [6.07, 6.45) is 0. The highest BCUT2D eigenvalue weighted by Gasteiger charge is 2.19. The third-order valence-corrected chi connectivity index (χ3v) is 1.93. The number of nitrogens with zero attached hydrogens (tertiary/aromatic N) is 1. The molecule has 0 heterocycles. The van der Waals surface area contributed by atoms with E-state index in [0.29, 0.717) is 0 Å². The highest BCUT2D eigenvalue weighted by atomic mass is 35.5. The molecule has 0 saturated carbocycles. The third-order valence-electron chi connectivity index (χ3n) is 1.36. The lowest BCUT2D eigenvalue weighted by molar-refractivity contribution is -0.384. The molecule has 0 radical (unpaired) electrons. The summed E-state index contributed by atoms with van der Waals surface area (Å²) >= 11 is 11.1. The molecule has 0 aliphatic rings. The minimum Gasteiger partial charge on any atom is -0.429 e. The summed E-state index contributed by atoms with van der Waals surface area (Å²) in [5.41, 5.74) is -0.411. The summed E-state index contributed by atoms with van der Waals surface area (Å²) in [5.74, 6) is 0.0561. The van der Waals surface area contributed by atoms with Gasteiger partial charge in [0.15, 0.2) is 0 Å². The van der Waals surface area contributed by atoms with Crippen molar-refractivity contribution >= 4 is 35.4 Å². The van der Waals surface area contributed by atoms with Crippen molar-refractivity contribution in [2.75, 3.05) is 0 Å². The van der Waals surface area contributed by atoms with Crippen LogP contribution in [0.15, 0.2) is 12.1 Å². The van der Waals surface area contributed by atoms with E-state index in [0.717, 1.165) is 12.1 Å². The van der Waals surface area contributed by atoms with E-state index in [1.165, 1.54) is 0 Å². The van der Waals surface area contributed by atoms with Gasteiger partial charge in [0.25, 0.3) is 6.47 Å². The molecule has 0 atom stereocenters. The molecule has 0 saturated heterocycles. The maximum atomic E-state index is 10.4. The molecule has 1 aromatic rings. The second-order valence-electron chi connectivity index (χ2n) is 2.21. The summed E-state index contributed by atoms with van der Waals surface area (Å²) in [5, 5.41) is 10.1. The van der Waals surface area contributed by atoms with Gasteiger partial charge in [-0.15, -0.1) is 0 Å². The van der Waals surface area contributed by atoms with Crippen molar-refractivity contribution in [2.24, 2.45) is 0 Å². The maximum Gasteiger partial charge on any atom is 0.306 e. The van der Waals surface area contributed by atoms with Crippen LogP contribution in [0.3, 0.4) is 0 Å². The van der Waals surface area contributed by atoms with Gasteiger partial charge in [-0.2, -0.15) is 0 Å². The summed E-state index contributed by atoms with van der Waals surface area (Å²) in [6, 6.07) is 2.28. The molecule has 0 N–H and O–H groups in total. The lowest BCUT2D eigenvalue weighted by atomic mass is 10.3. The maximum absolute atomic E-state index is 10.4. The van der Waals surface area contributed by atoms with Gasteiger partial charge in [-0.3, -0.25) is 14.9 Å². The lowest BCUT2D eigenvalue weighted by Gasteiger charge is -2.01. The van der Waals surface area contributed by atoms with E-state index >= 15 is 0 Å². The van der Waals surface area contributed by atoms with Crippen molar-refractivity contribution in [1.29, 1.82) is 0 Å². The zero-order valence-corrected chi connectivity index (χ0v) is 8.08. The van der Waals surface area contributed by atoms with E-state index in [9.17, 15) is 14.9 Å². The van der Waals surface area contributed by atoms with Crippen molar-refractivity contribution in [3.8, 4) is 5.75 Å². The first-order chi connectivity index (χ1) is 6.56. The van der Waals surface area contributed by atoms with Crippen LogP contribution in [0.5, 0.6) is 5.75 Å². The first-order valence-corrected chi connectivity index (χ1v) is 4.05. The molecule has 1 rings (SSSR count). The van der Waals surface area contributed by atoms with Crippen LogP contribution in [0, 0.1) is 10.1 Å². The van der Waals surface area contributed by atoms with Crippen LogP contribution in [0.25, 0.3) is 0 Å². The van der Waals surface area contributed by atoms with Crippen molar-refractivity contribution in [1.82, 2.24) is 0 Å². The minimum atomic E-state index is -0.713. The monoisotopic (exact) mass is 235 g/mol. The summed E-state index contributed by atoms with van der Waals surface area (Å²) in [4.78, 5) is 19.7. The minimum absolute atomic E-state index is 0.0561. The average Bonchev–Trinajstić information content (AvgIpc) is 2.01. The van der Waals surface area contributed by atoms with Gasteiger partial charge < -0.3 is 4.74 Å². The molecule has 0 spiro atoms. The van der Waals surface area contributed by atoms with Crippen LogP contribution in [0.4, 0.5) is 5.69 Å². The molecule has 0 aliphatic heterocycles. The molecule has 0 bridgehead atoms. The number of nitro groups is 1. The number of carbonyl (C=O) groups excluding carboxylic acids is 1. The van der Waals surface area contributed by atoms with Crippen LogP contribution in [-0.2, 0) is 4.79 Å². The van der Waals surface area contributed by atoms with Gasteiger partial charge in [0, 0.05) is 12.1 Å². The van der Waals surface area contributed by atoms with E-state index in [1.54, 1.807) is 0 Å². The summed E-state index contributed by atoms with van der Waals surface area (Å²) < 4.78 is 4.43. The number of benzene rings is 1. The average molecular weight is 236 g/mol. The molecule has 0 unspecified atom stereocenters. The smallest absolute Gasteiger partial charge is 0.306 e. The molecule has 74 valence electrons. The van der Waals surface area contributed by atoms with Crippen LogP contribution >= 0.6 is 23.2 Å². The summed E-state index contributed by atoms with van der Waals surface area (Å²) in [7, 11) is 0. The Morgan fingerprint density at radius 3 is 2.21 bits per heavy atom. The molecule has 0 fully saturated rings. The Labute approximate surface area is 88.3 Å². The molecular formula is C7H3Cl2NO4. The van der Waals surface area contributed by atoms with Gasteiger partial charge in [-0.25, -0.2) is 0 Å². The number of carbonyl (C=O) groups is 1. The number of hydrogen-bond donors (Lipinski definition) is 0. The fourth-order valence-electron chi connectivity index (χ4n) is 0.840. The normalized spacial score (nSPS) is 9.57. The first kappa shape index (κ1) is 10.7. The Hall–Kier alpha value is -1.33. The Morgan fingerprint density at radius 1 is 1.36 bits per heavy atom. The predicted octanol–water partition coefficient (Wildman–Crippen LogP) is 2.44. The molecule has 0 aliphatic carbocycles. The van der Waals surface area contributed by atoms with Crippen LogP contribution < -0.4 is 4.74 Å². The Balaban J connectivity index is 3.24. The standard InChI is InChI=1S/C7H3Cl2NO4/c8-5-1-4(14-3-11)2-6(9)7(5)10(12)13/h1-3H. The Morgan fingerprint density at radius 2 is 1.86 bits per heavy atom. The quantitative estimate of drug-likeness (QED) is 0.459. The van der Waals surface area contributed by atoms with E-state index in [2.05, 4.69) is 4.74 Å². The van der Waals surface area contributed by atoms with Gasteiger partial charge in [0.05, 0.1) is 4.92 Å². The van der Waals surface area contributed by atoms with Crippen LogP contribution in [0.1, 0.15) is 0 Å². The second kappa shape index (κ2) is 4.26. The zero-order chi connectivity index (χ0) is 10.7. The van der Waals surface area contributed by atoms with Crippen molar-refractivity contribution < 1.29 is 14.5 Å². The second-order valence-corrected chi connectivity index (χ2v) is 3.02. The van der Waals surface area contributed by atoms with Gasteiger partial charge in [0.2, 0.25) is 0 Å². The molecule has 0 amide bonds. The number of halogens is 2. The molecular weight excluding hydrogens is 233 g/mol. The van der Waals surface area contributed by atoms with Gasteiger partial charge in [-0.1, -0.05) is 23.2 Å². The number of hydrogen-bond acceptors (Lipinski definition) is 4. The summed E-state index contributed by atoms with van der Waals surface area (Å²) in [6.45, 7) is 0.174. The Bertz CT molecular complexity index is 370. The van der Waals surface area contributed by atoms with Gasteiger partial charge in [0.1, 0.15) is 15.8 Å². The number of nitro benzene ring substituents is 1. The first-order valence-electron chi connectivity index (χ1n) is 3.30. The molecule has 5 nitrogen and oxygen atoms in total. The van der Waals surface area contributed by atoms with E-state index in [1.807, 2.05) is 0 Å². The van der Waals surface area contributed by atoms with Crippen molar-refractivity contribution in [3.05, 3.63) is 32.3 Å². The zero-order valence-electron chi connectivity index (χ0n) is 6.57. The van der Waals surface area contributed by atoms with E-state index < -0.39 is 10.6 Å². The fraction of sp³-hybridized carbons (Fsp3) is 0.